The first-order chi connectivity index (χ1) is 11.6. The van der Waals surface area contributed by atoms with Gasteiger partial charge >= 0.3 is 0 Å². The van der Waals surface area contributed by atoms with Crippen LogP contribution in [0.3, 0.4) is 0 Å². The lowest BCUT2D eigenvalue weighted by atomic mass is 10.0. The van der Waals surface area contributed by atoms with Crippen molar-refractivity contribution in [1.82, 2.24) is 5.32 Å². The molecule has 0 saturated heterocycles. The van der Waals surface area contributed by atoms with E-state index in [9.17, 15) is 4.79 Å². The second-order valence-electron chi connectivity index (χ2n) is 6.14. The molecule has 122 valence electrons. The average Bonchev–Trinajstić information content (AvgIpc) is 3.15. The third kappa shape index (κ3) is 3.74. The molecule has 0 spiro atoms. The number of hydrogen-bond donors (Lipinski definition) is 1. The molecule has 3 nitrogen and oxygen atoms in total. The molecule has 0 aliphatic carbocycles. The van der Waals surface area contributed by atoms with Crippen LogP contribution in [0.2, 0.25) is 0 Å². The highest BCUT2D eigenvalue weighted by Gasteiger charge is 2.08. The van der Waals surface area contributed by atoms with Gasteiger partial charge in [0.15, 0.2) is 0 Å². The predicted octanol–water partition coefficient (Wildman–Crippen LogP) is 5.00. The number of carbonyl (C=O) groups is 1. The molecule has 24 heavy (non-hydrogen) atoms. The van der Waals surface area contributed by atoms with E-state index in [1.807, 2.05) is 60.7 Å². The van der Waals surface area contributed by atoms with Gasteiger partial charge in [-0.15, -0.1) is 0 Å². The van der Waals surface area contributed by atoms with Crippen molar-refractivity contribution in [2.75, 3.05) is 0 Å². The number of amides is 1. The van der Waals surface area contributed by atoms with Gasteiger partial charge in [-0.1, -0.05) is 44.2 Å². The van der Waals surface area contributed by atoms with Gasteiger partial charge in [-0.3, -0.25) is 4.79 Å². The topological polar surface area (TPSA) is 42.2 Å². The van der Waals surface area contributed by atoms with E-state index in [1.165, 1.54) is 5.56 Å². The van der Waals surface area contributed by atoms with Crippen molar-refractivity contribution in [3.8, 4) is 11.3 Å². The van der Waals surface area contributed by atoms with Crippen LogP contribution in [0.5, 0.6) is 0 Å². The summed E-state index contributed by atoms with van der Waals surface area (Å²) in [6, 6.07) is 19.6. The van der Waals surface area contributed by atoms with Crippen molar-refractivity contribution >= 4 is 5.91 Å². The van der Waals surface area contributed by atoms with E-state index < -0.39 is 0 Å². The van der Waals surface area contributed by atoms with Gasteiger partial charge in [0.25, 0.3) is 5.91 Å². The van der Waals surface area contributed by atoms with Crippen LogP contribution in [-0.2, 0) is 6.54 Å². The molecule has 0 aliphatic rings. The lowest BCUT2D eigenvalue weighted by Gasteiger charge is -2.09. The van der Waals surface area contributed by atoms with E-state index in [2.05, 4.69) is 19.2 Å². The van der Waals surface area contributed by atoms with Gasteiger partial charge < -0.3 is 9.73 Å². The normalized spacial score (nSPS) is 10.8. The predicted molar refractivity (Wildman–Crippen MR) is 95.8 cm³/mol. The first kappa shape index (κ1) is 16.1. The smallest absolute Gasteiger partial charge is 0.251 e. The van der Waals surface area contributed by atoms with Gasteiger partial charge in [0.1, 0.15) is 5.76 Å². The van der Waals surface area contributed by atoms with E-state index >= 15 is 0 Å². The van der Waals surface area contributed by atoms with Crippen molar-refractivity contribution in [3.05, 3.63) is 83.6 Å². The van der Waals surface area contributed by atoms with Gasteiger partial charge in [-0.25, -0.2) is 0 Å². The molecule has 0 radical (unpaired) electrons. The molecule has 0 aliphatic heterocycles. The first-order valence-electron chi connectivity index (χ1n) is 8.14. The SMILES string of the molecule is CC(C)c1cccc(C(=O)NCc2cccc(-c3ccco3)c2)c1. The number of benzene rings is 2. The molecule has 1 heterocycles. The molecule has 1 amide bonds. The Morgan fingerprint density at radius 3 is 2.62 bits per heavy atom. The van der Waals surface area contributed by atoms with E-state index in [0.29, 0.717) is 18.0 Å². The summed E-state index contributed by atoms with van der Waals surface area (Å²) in [4.78, 5) is 12.4. The zero-order valence-electron chi connectivity index (χ0n) is 14.0. The van der Waals surface area contributed by atoms with Crippen LogP contribution in [0.25, 0.3) is 11.3 Å². The van der Waals surface area contributed by atoms with Crippen LogP contribution in [0.15, 0.2) is 71.3 Å². The van der Waals surface area contributed by atoms with Crippen LogP contribution < -0.4 is 5.32 Å². The van der Waals surface area contributed by atoms with Crippen LogP contribution in [0.4, 0.5) is 0 Å². The Labute approximate surface area is 142 Å². The summed E-state index contributed by atoms with van der Waals surface area (Å²) in [6.45, 7) is 4.73. The van der Waals surface area contributed by atoms with E-state index in [-0.39, 0.29) is 5.91 Å². The average molecular weight is 319 g/mol. The third-order valence-corrected chi connectivity index (χ3v) is 4.00. The molecular formula is C21H21NO2. The Bertz CT molecular complexity index is 819. The number of carbonyl (C=O) groups excluding carboxylic acids is 1. The second kappa shape index (κ2) is 7.18. The van der Waals surface area contributed by atoms with Gasteiger partial charge in [-0.2, -0.15) is 0 Å². The van der Waals surface area contributed by atoms with Crippen LogP contribution in [-0.4, -0.2) is 5.91 Å². The van der Waals surface area contributed by atoms with Crippen molar-refractivity contribution in [2.24, 2.45) is 0 Å². The van der Waals surface area contributed by atoms with Crippen molar-refractivity contribution in [1.29, 1.82) is 0 Å². The first-order valence-corrected chi connectivity index (χ1v) is 8.14. The van der Waals surface area contributed by atoms with E-state index in [4.69, 9.17) is 4.42 Å². The minimum atomic E-state index is -0.0547. The largest absolute Gasteiger partial charge is 0.464 e. The maximum Gasteiger partial charge on any atom is 0.251 e. The second-order valence-corrected chi connectivity index (χ2v) is 6.14. The maximum atomic E-state index is 12.4. The monoisotopic (exact) mass is 319 g/mol. The number of rotatable bonds is 5. The van der Waals surface area contributed by atoms with Gasteiger partial charge in [0.2, 0.25) is 0 Å². The zero-order valence-corrected chi connectivity index (χ0v) is 14.0. The summed E-state index contributed by atoms with van der Waals surface area (Å²) in [5, 5.41) is 2.98. The Kier molecular flexibility index (Phi) is 4.80. The minimum absolute atomic E-state index is 0.0547. The highest BCUT2D eigenvalue weighted by atomic mass is 16.3. The van der Waals surface area contributed by atoms with Crippen molar-refractivity contribution in [3.63, 3.8) is 0 Å². The van der Waals surface area contributed by atoms with Crippen molar-refractivity contribution in [2.45, 2.75) is 26.3 Å². The van der Waals surface area contributed by atoms with Gasteiger partial charge in [0.05, 0.1) is 6.26 Å². The lowest BCUT2D eigenvalue weighted by Crippen LogP contribution is -2.22. The van der Waals surface area contributed by atoms with Gasteiger partial charge in [0, 0.05) is 17.7 Å². The number of nitrogens with one attached hydrogen (secondary N) is 1. The molecule has 0 bridgehead atoms. The molecule has 3 aromatic rings. The maximum absolute atomic E-state index is 12.4. The zero-order chi connectivity index (χ0) is 16.9. The molecule has 1 N–H and O–H groups in total. The quantitative estimate of drug-likeness (QED) is 0.719. The Hall–Kier alpha value is -2.81. The van der Waals surface area contributed by atoms with E-state index in [1.54, 1.807) is 6.26 Å². The summed E-state index contributed by atoms with van der Waals surface area (Å²) >= 11 is 0. The summed E-state index contributed by atoms with van der Waals surface area (Å²) in [5.74, 6) is 1.18. The molecule has 2 aromatic carbocycles. The molecular weight excluding hydrogens is 298 g/mol. The minimum Gasteiger partial charge on any atom is -0.464 e. The van der Waals surface area contributed by atoms with Crippen molar-refractivity contribution < 1.29 is 9.21 Å². The van der Waals surface area contributed by atoms with E-state index in [0.717, 1.165) is 16.9 Å². The Morgan fingerprint density at radius 2 is 1.88 bits per heavy atom. The summed E-state index contributed by atoms with van der Waals surface area (Å²) in [7, 11) is 0. The molecule has 0 saturated carbocycles. The summed E-state index contributed by atoms with van der Waals surface area (Å²) in [6.07, 6.45) is 1.66. The third-order valence-electron chi connectivity index (χ3n) is 4.00. The summed E-state index contributed by atoms with van der Waals surface area (Å²) < 4.78 is 5.42. The number of furan rings is 1. The highest BCUT2D eigenvalue weighted by Crippen LogP contribution is 2.21. The molecule has 0 unspecified atom stereocenters. The Balaban J connectivity index is 1.68. The van der Waals surface area contributed by atoms with Crippen LogP contribution >= 0.6 is 0 Å². The summed E-state index contributed by atoms with van der Waals surface area (Å²) in [5.41, 5.74) is 3.91. The molecule has 3 heteroatoms. The lowest BCUT2D eigenvalue weighted by molar-refractivity contribution is 0.0951. The van der Waals surface area contributed by atoms with Crippen LogP contribution in [0, 0.1) is 0 Å². The molecule has 0 fully saturated rings. The fraction of sp³-hybridized carbons (Fsp3) is 0.190. The highest BCUT2D eigenvalue weighted by molar-refractivity contribution is 5.94. The standard InChI is InChI=1S/C21H21NO2/c1-15(2)17-7-4-9-19(13-17)21(23)22-14-16-6-3-8-18(12-16)20-10-5-11-24-20/h3-13,15H,14H2,1-2H3,(H,22,23). The molecule has 0 atom stereocenters. The number of hydrogen-bond acceptors (Lipinski definition) is 2. The molecule has 1 aromatic heterocycles. The Morgan fingerprint density at radius 1 is 1.04 bits per heavy atom. The van der Waals surface area contributed by atoms with Crippen LogP contribution in [0.1, 0.15) is 41.3 Å². The fourth-order valence-electron chi connectivity index (χ4n) is 2.60. The van der Waals surface area contributed by atoms with Gasteiger partial charge in [-0.05, 0) is 47.4 Å². The fourth-order valence-corrected chi connectivity index (χ4v) is 2.60. The molecule has 3 rings (SSSR count).